The molecule has 20 heavy (non-hydrogen) atoms. The first-order chi connectivity index (χ1) is 9.40. The van der Waals surface area contributed by atoms with Crippen molar-refractivity contribution in [1.82, 2.24) is 15.5 Å². The fourth-order valence-corrected chi connectivity index (χ4v) is 1.69. The Kier molecular flexibility index (Phi) is 6.27. The molecule has 1 saturated carbocycles. The summed E-state index contributed by atoms with van der Waals surface area (Å²) < 4.78 is 0. The van der Waals surface area contributed by atoms with E-state index in [0.29, 0.717) is 12.5 Å². The van der Waals surface area contributed by atoms with Gasteiger partial charge in [0, 0.05) is 19.1 Å². The molecule has 0 atom stereocenters. The summed E-state index contributed by atoms with van der Waals surface area (Å²) >= 11 is 0. The Morgan fingerprint density at radius 1 is 1.25 bits per heavy atom. The number of carbonyl (C=O) groups is 3. The van der Waals surface area contributed by atoms with E-state index in [1.807, 2.05) is 13.8 Å². The van der Waals surface area contributed by atoms with E-state index < -0.39 is 5.97 Å². The molecule has 7 nitrogen and oxygen atoms in total. The van der Waals surface area contributed by atoms with E-state index >= 15 is 0 Å². The number of nitrogens with zero attached hydrogens (tertiary/aromatic N) is 1. The first-order valence-corrected chi connectivity index (χ1v) is 6.93. The average Bonchev–Trinajstić information content (AvgIpc) is 3.18. The van der Waals surface area contributed by atoms with E-state index in [0.717, 1.165) is 12.8 Å². The molecule has 3 N–H and O–H groups in total. The standard InChI is InChI=1S/C13H23N3O4/c1-9(2)7-14-11(17)8-15-13(20)16(10-3-4-10)6-5-12(18)19/h9-10H,3-8H2,1-2H3,(H,14,17)(H,15,20)(H,18,19). The van der Waals surface area contributed by atoms with Crippen LogP contribution in [0.5, 0.6) is 0 Å². The van der Waals surface area contributed by atoms with Gasteiger partial charge in [-0.3, -0.25) is 9.59 Å². The summed E-state index contributed by atoms with van der Waals surface area (Å²) in [4.78, 5) is 35.5. The third-order valence-electron chi connectivity index (χ3n) is 2.92. The number of rotatable bonds is 8. The number of carboxylic acid groups (broad SMARTS) is 1. The second-order valence-corrected chi connectivity index (χ2v) is 5.42. The summed E-state index contributed by atoms with van der Waals surface area (Å²) in [7, 11) is 0. The normalized spacial score (nSPS) is 13.9. The molecule has 0 aromatic rings. The molecule has 0 heterocycles. The molecule has 7 heteroatoms. The number of hydrogen-bond acceptors (Lipinski definition) is 3. The summed E-state index contributed by atoms with van der Waals surface area (Å²) in [5.41, 5.74) is 0. The second kappa shape index (κ2) is 7.72. The van der Waals surface area contributed by atoms with Gasteiger partial charge in [0.25, 0.3) is 0 Å². The second-order valence-electron chi connectivity index (χ2n) is 5.42. The van der Waals surface area contributed by atoms with Crippen LogP contribution in [0, 0.1) is 5.92 Å². The lowest BCUT2D eigenvalue weighted by molar-refractivity contribution is -0.137. The molecule has 0 aromatic heterocycles. The van der Waals surface area contributed by atoms with Crippen LogP contribution in [0.2, 0.25) is 0 Å². The number of aliphatic carboxylic acids is 1. The zero-order valence-electron chi connectivity index (χ0n) is 12.0. The van der Waals surface area contributed by atoms with Crippen LogP contribution in [0.1, 0.15) is 33.1 Å². The van der Waals surface area contributed by atoms with Gasteiger partial charge in [0.2, 0.25) is 5.91 Å². The van der Waals surface area contributed by atoms with Gasteiger partial charge in [0.1, 0.15) is 0 Å². The van der Waals surface area contributed by atoms with Gasteiger partial charge in [0.15, 0.2) is 0 Å². The molecule has 3 amide bonds. The minimum Gasteiger partial charge on any atom is -0.481 e. The largest absolute Gasteiger partial charge is 0.481 e. The highest BCUT2D eigenvalue weighted by atomic mass is 16.4. The summed E-state index contributed by atoms with van der Waals surface area (Å²) in [6.45, 7) is 4.64. The summed E-state index contributed by atoms with van der Waals surface area (Å²) in [6.07, 6.45) is 1.71. The third kappa shape index (κ3) is 6.40. The van der Waals surface area contributed by atoms with Crippen molar-refractivity contribution >= 4 is 17.9 Å². The molecule has 0 spiro atoms. The highest BCUT2D eigenvalue weighted by Gasteiger charge is 2.32. The number of hydrogen-bond donors (Lipinski definition) is 3. The van der Waals surface area contributed by atoms with E-state index in [1.54, 1.807) is 0 Å². The molecule has 114 valence electrons. The fourth-order valence-electron chi connectivity index (χ4n) is 1.69. The summed E-state index contributed by atoms with van der Waals surface area (Å²) in [5.74, 6) is -0.813. The molecule has 1 rings (SSSR count). The van der Waals surface area contributed by atoms with Gasteiger partial charge >= 0.3 is 12.0 Å². The third-order valence-corrected chi connectivity index (χ3v) is 2.92. The van der Waals surface area contributed by atoms with Crippen molar-refractivity contribution in [2.45, 2.75) is 39.2 Å². The smallest absolute Gasteiger partial charge is 0.318 e. The van der Waals surface area contributed by atoms with Gasteiger partial charge in [0.05, 0.1) is 13.0 Å². The van der Waals surface area contributed by atoms with Crippen LogP contribution in [0.25, 0.3) is 0 Å². The van der Waals surface area contributed by atoms with Crippen molar-refractivity contribution in [3.05, 3.63) is 0 Å². The highest BCUT2D eigenvalue weighted by molar-refractivity contribution is 5.84. The Morgan fingerprint density at radius 3 is 2.40 bits per heavy atom. The Bertz CT molecular complexity index is 367. The molecule has 0 aliphatic heterocycles. The summed E-state index contributed by atoms with van der Waals surface area (Å²) in [5, 5.41) is 13.9. The Hall–Kier alpha value is -1.79. The van der Waals surface area contributed by atoms with Crippen molar-refractivity contribution in [2.24, 2.45) is 5.92 Å². The van der Waals surface area contributed by atoms with Crippen molar-refractivity contribution in [3.63, 3.8) is 0 Å². The zero-order chi connectivity index (χ0) is 15.1. The molecular formula is C13H23N3O4. The van der Waals surface area contributed by atoms with E-state index in [1.165, 1.54) is 4.90 Å². The number of nitrogens with one attached hydrogen (secondary N) is 2. The molecule has 0 saturated heterocycles. The van der Waals surface area contributed by atoms with Gasteiger partial charge in [-0.05, 0) is 18.8 Å². The van der Waals surface area contributed by atoms with Crippen molar-refractivity contribution in [2.75, 3.05) is 19.6 Å². The SMILES string of the molecule is CC(C)CNC(=O)CNC(=O)N(CCC(=O)O)C1CC1. The quantitative estimate of drug-likeness (QED) is 0.601. The predicted octanol–water partition coefficient (Wildman–Crippen LogP) is 0.407. The maximum atomic E-state index is 11.9. The number of amides is 3. The van der Waals surface area contributed by atoms with E-state index in [-0.39, 0.29) is 37.5 Å². The maximum absolute atomic E-state index is 11.9. The van der Waals surface area contributed by atoms with Gasteiger partial charge in [-0.25, -0.2) is 4.79 Å². The van der Waals surface area contributed by atoms with Gasteiger partial charge in [-0.15, -0.1) is 0 Å². The van der Waals surface area contributed by atoms with E-state index in [2.05, 4.69) is 10.6 Å². The minimum absolute atomic E-state index is 0.0799. The number of urea groups is 1. The monoisotopic (exact) mass is 285 g/mol. The molecular weight excluding hydrogens is 262 g/mol. The molecule has 0 bridgehead atoms. The minimum atomic E-state index is -0.932. The molecule has 1 aliphatic carbocycles. The van der Waals surface area contributed by atoms with Crippen molar-refractivity contribution in [1.29, 1.82) is 0 Å². The van der Waals surface area contributed by atoms with Crippen LogP contribution >= 0.6 is 0 Å². The van der Waals surface area contributed by atoms with Crippen LogP contribution in [-0.2, 0) is 9.59 Å². The number of carboxylic acids is 1. The van der Waals surface area contributed by atoms with Crippen molar-refractivity contribution in [3.8, 4) is 0 Å². The molecule has 0 aromatic carbocycles. The fraction of sp³-hybridized carbons (Fsp3) is 0.769. The average molecular weight is 285 g/mol. The lowest BCUT2D eigenvalue weighted by Gasteiger charge is -2.22. The van der Waals surface area contributed by atoms with Crippen LogP contribution in [-0.4, -0.2) is 53.6 Å². The summed E-state index contributed by atoms with van der Waals surface area (Å²) in [6, 6.07) is -0.249. The van der Waals surface area contributed by atoms with Crippen LogP contribution < -0.4 is 10.6 Å². The van der Waals surface area contributed by atoms with Crippen LogP contribution in [0.4, 0.5) is 4.79 Å². The first-order valence-electron chi connectivity index (χ1n) is 6.93. The van der Waals surface area contributed by atoms with Gasteiger partial charge in [-0.2, -0.15) is 0 Å². The molecule has 1 fully saturated rings. The van der Waals surface area contributed by atoms with Gasteiger partial charge < -0.3 is 20.6 Å². The van der Waals surface area contributed by atoms with E-state index in [9.17, 15) is 14.4 Å². The van der Waals surface area contributed by atoms with E-state index in [4.69, 9.17) is 5.11 Å². The molecule has 0 radical (unpaired) electrons. The van der Waals surface area contributed by atoms with Gasteiger partial charge in [-0.1, -0.05) is 13.8 Å². The lowest BCUT2D eigenvalue weighted by atomic mass is 10.2. The topological polar surface area (TPSA) is 98.7 Å². The Morgan fingerprint density at radius 2 is 1.90 bits per heavy atom. The van der Waals surface area contributed by atoms with Crippen LogP contribution in [0.3, 0.4) is 0 Å². The first kappa shape index (κ1) is 16.3. The number of carbonyl (C=O) groups excluding carboxylic acids is 2. The van der Waals surface area contributed by atoms with Crippen LogP contribution in [0.15, 0.2) is 0 Å². The zero-order valence-corrected chi connectivity index (χ0v) is 12.0. The maximum Gasteiger partial charge on any atom is 0.318 e. The Balaban J connectivity index is 2.31. The Labute approximate surface area is 118 Å². The highest BCUT2D eigenvalue weighted by Crippen LogP contribution is 2.26. The lowest BCUT2D eigenvalue weighted by Crippen LogP contribution is -2.46. The molecule has 1 aliphatic rings. The molecule has 0 unspecified atom stereocenters. The predicted molar refractivity (Wildman–Crippen MR) is 73.2 cm³/mol. The van der Waals surface area contributed by atoms with Crippen molar-refractivity contribution < 1.29 is 19.5 Å².